The molecular formula is C22H26ClN3O. The fourth-order valence-corrected chi connectivity index (χ4v) is 3.21. The minimum atomic E-state index is -0.720. The number of imidazole rings is 1. The van der Waals surface area contributed by atoms with Crippen molar-refractivity contribution in [1.29, 1.82) is 0 Å². The van der Waals surface area contributed by atoms with Crippen LogP contribution < -0.4 is 5.32 Å². The van der Waals surface area contributed by atoms with Crippen LogP contribution in [-0.4, -0.2) is 21.6 Å². The lowest BCUT2D eigenvalue weighted by atomic mass is 9.94. The van der Waals surface area contributed by atoms with Crippen molar-refractivity contribution in [1.82, 2.24) is 15.3 Å². The number of nitrogens with one attached hydrogen (secondary N) is 2. The van der Waals surface area contributed by atoms with Crippen molar-refractivity contribution in [2.45, 2.75) is 38.3 Å². The van der Waals surface area contributed by atoms with E-state index in [0.29, 0.717) is 5.82 Å². The quantitative estimate of drug-likeness (QED) is 0.498. The van der Waals surface area contributed by atoms with Gasteiger partial charge in [-0.25, -0.2) is 4.98 Å². The van der Waals surface area contributed by atoms with Gasteiger partial charge in [0.15, 0.2) is 0 Å². The number of H-pyrrole nitrogens is 1. The highest BCUT2D eigenvalue weighted by Gasteiger charge is 2.19. The number of aromatic amines is 1. The second-order valence-corrected chi connectivity index (χ2v) is 7.71. The van der Waals surface area contributed by atoms with Gasteiger partial charge in [0.1, 0.15) is 11.9 Å². The highest BCUT2D eigenvalue weighted by atomic mass is 35.5. The molecule has 0 bridgehead atoms. The summed E-state index contributed by atoms with van der Waals surface area (Å²) >= 11 is 5.97. The van der Waals surface area contributed by atoms with Crippen LogP contribution in [0.15, 0.2) is 60.8 Å². The molecule has 0 saturated heterocycles. The maximum atomic E-state index is 10.4. The third-order valence-corrected chi connectivity index (χ3v) is 5.03. The van der Waals surface area contributed by atoms with E-state index >= 15 is 0 Å². The molecule has 0 radical (unpaired) electrons. The topological polar surface area (TPSA) is 60.9 Å². The van der Waals surface area contributed by atoms with Crippen LogP contribution in [0.4, 0.5) is 0 Å². The van der Waals surface area contributed by atoms with E-state index in [4.69, 9.17) is 11.6 Å². The summed E-state index contributed by atoms with van der Waals surface area (Å²) in [4.78, 5) is 7.58. The van der Waals surface area contributed by atoms with Gasteiger partial charge in [-0.1, -0.05) is 54.1 Å². The Hall–Kier alpha value is -2.14. The van der Waals surface area contributed by atoms with Crippen LogP contribution in [0.25, 0.3) is 0 Å². The molecular weight excluding hydrogens is 358 g/mol. The second kappa shape index (κ2) is 8.70. The van der Waals surface area contributed by atoms with Gasteiger partial charge in [0.25, 0.3) is 0 Å². The minimum absolute atomic E-state index is 0.118. The van der Waals surface area contributed by atoms with Crippen molar-refractivity contribution in [3.63, 3.8) is 0 Å². The lowest BCUT2D eigenvalue weighted by Gasteiger charge is -2.27. The molecule has 1 unspecified atom stereocenters. The first-order valence-corrected chi connectivity index (χ1v) is 9.61. The van der Waals surface area contributed by atoms with Gasteiger partial charge in [0, 0.05) is 22.5 Å². The van der Waals surface area contributed by atoms with Gasteiger partial charge in [0.05, 0.1) is 0 Å². The molecule has 1 aromatic heterocycles. The van der Waals surface area contributed by atoms with Crippen molar-refractivity contribution in [3.05, 3.63) is 88.5 Å². The molecule has 3 N–H and O–H groups in total. The predicted molar refractivity (Wildman–Crippen MR) is 110 cm³/mol. The number of benzene rings is 2. The minimum Gasteiger partial charge on any atom is -0.380 e. The Kier molecular flexibility index (Phi) is 6.32. The number of halogens is 1. The summed E-state index contributed by atoms with van der Waals surface area (Å²) < 4.78 is 0. The molecule has 5 heteroatoms. The van der Waals surface area contributed by atoms with E-state index in [2.05, 4.69) is 41.3 Å². The largest absolute Gasteiger partial charge is 0.380 e. The van der Waals surface area contributed by atoms with Crippen LogP contribution in [-0.2, 0) is 12.0 Å². The third kappa shape index (κ3) is 5.19. The van der Waals surface area contributed by atoms with Gasteiger partial charge in [0.2, 0.25) is 0 Å². The Morgan fingerprint density at radius 2 is 1.81 bits per heavy atom. The summed E-state index contributed by atoms with van der Waals surface area (Å²) in [6, 6.07) is 17.5. The van der Waals surface area contributed by atoms with Gasteiger partial charge in [-0.05, 0) is 56.5 Å². The molecule has 2 aromatic carbocycles. The van der Waals surface area contributed by atoms with Crippen LogP contribution in [0.2, 0.25) is 5.02 Å². The number of nitrogens with zero attached hydrogens (tertiary/aromatic N) is 1. The highest BCUT2D eigenvalue weighted by molar-refractivity contribution is 6.30. The number of hydrogen-bond acceptors (Lipinski definition) is 3. The van der Waals surface area contributed by atoms with E-state index in [1.165, 1.54) is 5.56 Å². The van der Waals surface area contributed by atoms with Crippen molar-refractivity contribution in [2.75, 3.05) is 6.54 Å². The summed E-state index contributed by atoms with van der Waals surface area (Å²) in [6.07, 6.45) is 2.94. The highest BCUT2D eigenvalue weighted by Crippen LogP contribution is 2.22. The number of aliphatic hydroxyl groups is 1. The lowest BCUT2D eigenvalue weighted by molar-refractivity contribution is 0.211. The molecule has 142 valence electrons. The fourth-order valence-electron chi connectivity index (χ4n) is 3.08. The van der Waals surface area contributed by atoms with Gasteiger partial charge < -0.3 is 15.4 Å². The van der Waals surface area contributed by atoms with Gasteiger partial charge in [-0.15, -0.1) is 0 Å². The van der Waals surface area contributed by atoms with E-state index in [1.807, 2.05) is 48.7 Å². The average molecular weight is 384 g/mol. The van der Waals surface area contributed by atoms with Crippen LogP contribution in [0, 0.1) is 0 Å². The van der Waals surface area contributed by atoms with Gasteiger partial charge in [-0.3, -0.25) is 0 Å². The number of aryl methyl sites for hydroxylation is 1. The predicted octanol–water partition coefficient (Wildman–Crippen LogP) is 4.60. The Labute approximate surface area is 165 Å². The van der Waals surface area contributed by atoms with Crippen molar-refractivity contribution >= 4 is 11.6 Å². The molecule has 0 aliphatic heterocycles. The SMILES string of the molecule is CC(C)(NCCCc1cnc(C(O)c2ccccc2)[nH]1)c1ccc(Cl)cc1. The maximum absolute atomic E-state index is 10.4. The Morgan fingerprint density at radius 3 is 2.52 bits per heavy atom. The molecule has 27 heavy (non-hydrogen) atoms. The summed E-state index contributed by atoms with van der Waals surface area (Å²) in [5.41, 5.74) is 2.96. The molecule has 0 amide bonds. The van der Waals surface area contributed by atoms with E-state index in [1.54, 1.807) is 0 Å². The molecule has 4 nitrogen and oxygen atoms in total. The second-order valence-electron chi connectivity index (χ2n) is 7.27. The molecule has 3 rings (SSSR count). The summed E-state index contributed by atoms with van der Waals surface area (Å²) in [5, 5.41) is 14.8. The van der Waals surface area contributed by atoms with Crippen molar-refractivity contribution < 1.29 is 5.11 Å². The molecule has 0 aliphatic rings. The summed E-state index contributed by atoms with van der Waals surface area (Å²) in [5.74, 6) is 0.589. The number of hydrogen-bond donors (Lipinski definition) is 3. The van der Waals surface area contributed by atoms with Crippen LogP contribution in [0.3, 0.4) is 0 Å². The van der Waals surface area contributed by atoms with Crippen LogP contribution in [0.1, 0.15) is 49.0 Å². The average Bonchev–Trinajstić information content (AvgIpc) is 3.15. The molecule has 0 saturated carbocycles. The first-order valence-electron chi connectivity index (χ1n) is 9.23. The molecule has 3 aromatic rings. The monoisotopic (exact) mass is 383 g/mol. The molecule has 0 aliphatic carbocycles. The number of rotatable bonds is 8. The molecule has 0 spiro atoms. The zero-order chi connectivity index (χ0) is 19.3. The lowest BCUT2D eigenvalue weighted by Crippen LogP contribution is -2.37. The summed E-state index contributed by atoms with van der Waals surface area (Å²) in [7, 11) is 0. The standard InChI is InChI=1S/C22H26ClN3O/c1-22(2,17-10-12-18(23)13-11-17)25-14-6-9-19-15-24-21(26-19)20(27)16-7-4-3-5-8-16/h3-5,7-8,10-13,15,20,25,27H,6,9,14H2,1-2H3,(H,24,26). The van der Waals surface area contributed by atoms with E-state index in [9.17, 15) is 5.11 Å². The van der Waals surface area contributed by atoms with Crippen molar-refractivity contribution in [2.24, 2.45) is 0 Å². The normalized spacial score (nSPS) is 12.9. The van der Waals surface area contributed by atoms with Gasteiger partial charge >= 0.3 is 0 Å². The Morgan fingerprint density at radius 1 is 1.11 bits per heavy atom. The van der Waals surface area contributed by atoms with Crippen LogP contribution in [0.5, 0.6) is 0 Å². The Balaban J connectivity index is 1.50. The maximum Gasteiger partial charge on any atom is 0.139 e. The van der Waals surface area contributed by atoms with E-state index < -0.39 is 6.10 Å². The molecule has 1 atom stereocenters. The molecule has 0 fully saturated rings. The number of aliphatic hydroxyl groups excluding tert-OH is 1. The fraction of sp³-hybridized carbons (Fsp3) is 0.318. The first kappa shape index (κ1) is 19.6. The van der Waals surface area contributed by atoms with Gasteiger partial charge in [-0.2, -0.15) is 0 Å². The van der Waals surface area contributed by atoms with E-state index in [0.717, 1.165) is 35.7 Å². The zero-order valence-corrected chi connectivity index (χ0v) is 16.5. The smallest absolute Gasteiger partial charge is 0.139 e. The molecule has 1 heterocycles. The van der Waals surface area contributed by atoms with Crippen molar-refractivity contribution in [3.8, 4) is 0 Å². The zero-order valence-electron chi connectivity index (χ0n) is 15.7. The first-order chi connectivity index (χ1) is 13.0. The van der Waals surface area contributed by atoms with E-state index in [-0.39, 0.29) is 5.54 Å². The van der Waals surface area contributed by atoms with Crippen LogP contribution >= 0.6 is 11.6 Å². The Bertz CT molecular complexity index is 844. The number of aromatic nitrogens is 2. The third-order valence-electron chi connectivity index (χ3n) is 4.78. The summed E-state index contributed by atoms with van der Waals surface area (Å²) in [6.45, 7) is 5.22.